The lowest BCUT2D eigenvalue weighted by Gasteiger charge is -2.13. The molecule has 0 saturated heterocycles. The lowest BCUT2D eigenvalue weighted by molar-refractivity contribution is 0.0472. The summed E-state index contributed by atoms with van der Waals surface area (Å²) in [5.74, 6) is -1.25. The summed E-state index contributed by atoms with van der Waals surface area (Å²) in [6.07, 6.45) is 0. The molecule has 0 aliphatic rings. The summed E-state index contributed by atoms with van der Waals surface area (Å²) in [7, 11) is 0.243. The second-order valence-electron chi connectivity index (χ2n) is 5.48. The van der Waals surface area contributed by atoms with Gasteiger partial charge >= 0.3 is 5.97 Å². The van der Waals surface area contributed by atoms with Crippen molar-refractivity contribution in [3.8, 4) is 5.75 Å². The Morgan fingerprint density at radius 1 is 1.19 bits per heavy atom. The van der Waals surface area contributed by atoms with Gasteiger partial charge in [-0.25, -0.2) is 21.9 Å². The molecule has 2 aromatic carbocycles. The van der Waals surface area contributed by atoms with Crippen molar-refractivity contribution in [2.24, 2.45) is 0 Å². The van der Waals surface area contributed by atoms with E-state index in [9.17, 15) is 17.6 Å². The van der Waals surface area contributed by atoms with Crippen molar-refractivity contribution in [1.82, 2.24) is 4.31 Å². The number of carbonyl (C=O) groups is 1. The molecule has 0 saturated carbocycles. The van der Waals surface area contributed by atoms with Gasteiger partial charge in [0.25, 0.3) is 0 Å². The van der Waals surface area contributed by atoms with Gasteiger partial charge in [0.2, 0.25) is 10.0 Å². The van der Waals surface area contributed by atoms with Crippen LogP contribution in [0.4, 0.5) is 4.39 Å². The topological polar surface area (TPSA) is 72.9 Å². The second-order valence-corrected chi connectivity index (χ2v) is 8.01. The fourth-order valence-corrected chi connectivity index (χ4v) is 3.45. The lowest BCUT2D eigenvalue weighted by Crippen LogP contribution is -2.23. The van der Waals surface area contributed by atoms with Crippen LogP contribution in [0.15, 0.2) is 41.3 Å². The highest BCUT2D eigenvalue weighted by atomic mass is 35.5. The molecule has 26 heavy (non-hydrogen) atoms. The van der Waals surface area contributed by atoms with Crippen molar-refractivity contribution < 1.29 is 27.1 Å². The quantitative estimate of drug-likeness (QED) is 0.695. The Kier molecular flexibility index (Phi) is 6.22. The molecular weight excluding hydrogens is 385 g/mol. The first-order valence-corrected chi connectivity index (χ1v) is 9.20. The van der Waals surface area contributed by atoms with E-state index in [4.69, 9.17) is 21.1 Å². The summed E-state index contributed by atoms with van der Waals surface area (Å²) >= 11 is 5.94. The molecule has 9 heteroatoms. The molecule has 0 fully saturated rings. The predicted molar refractivity (Wildman–Crippen MR) is 94.4 cm³/mol. The van der Waals surface area contributed by atoms with Gasteiger partial charge < -0.3 is 9.47 Å². The van der Waals surface area contributed by atoms with E-state index in [0.717, 1.165) is 10.4 Å². The third-order valence-electron chi connectivity index (χ3n) is 3.51. The summed E-state index contributed by atoms with van der Waals surface area (Å²) in [5.41, 5.74) is 0.440. The molecule has 0 radical (unpaired) electrons. The standard InChI is InChI=1S/C17H17ClFNO5S/c1-20(2)26(22,23)16-9-12(5-6-13(16)18)17(21)25-10-11-4-7-15(24-3)14(19)8-11/h4-9H,10H2,1-3H3. The summed E-state index contributed by atoms with van der Waals surface area (Å²) in [5, 5.41) is -0.00697. The monoisotopic (exact) mass is 401 g/mol. The average Bonchev–Trinajstić information content (AvgIpc) is 2.59. The first-order chi connectivity index (χ1) is 12.2. The number of methoxy groups -OCH3 is 1. The Balaban J connectivity index is 2.19. The number of nitrogens with zero attached hydrogens (tertiary/aromatic N) is 1. The summed E-state index contributed by atoms with van der Waals surface area (Å²) < 4.78 is 49.0. The number of hydrogen-bond acceptors (Lipinski definition) is 5. The van der Waals surface area contributed by atoms with Crippen molar-refractivity contribution in [2.75, 3.05) is 21.2 Å². The van der Waals surface area contributed by atoms with Crippen LogP contribution in [0.3, 0.4) is 0 Å². The maximum Gasteiger partial charge on any atom is 0.338 e. The molecule has 0 aliphatic carbocycles. The van der Waals surface area contributed by atoms with Gasteiger partial charge in [-0.05, 0) is 35.9 Å². The lowest BCUT2D eigenvalue weighted by atomic mass is 10.2. The molecule has 140 valence electrons. The van der Waals surface area contributed by atoms with Crippen LogP contribution >= 0.6 is 11.6 Å². The van der Waals surface area contributed by atoms with E-state index in [0.29, 0.717) is 5.56 Å². The molecule has 2 rings (SSSR count). The van der Waals surface area contributed by atoms with Crippen LogP contribution in [0.25, 0.3) is 0 Å². The first kappa shape index (κ1) is 20.2. The summed E-state index contributed by atoms with van der Waals surface area (Å²) in [6.45, 7) is -0.182. The van der Waals surface area contributed by atoms with E-state index >= 15 is 0 Å². The van der Waals surface area contributed by atoms with Gasteiger partial charge in [0, 0.05) is 14.1 Å². The second kappa shape index (κ2) is 8.03. The maximum absolute atomic E-state index is 13.7. The molecule has 0 bridgehead atoms. The first-order valence-electron chi connectivity index (χ1n) is 7.38. The van der Waals surface area contributed by atoms with Gasteiger partial charge in [-0.2, -0.15) is 0 Å². The molecule has 0 spiro atoms. The Bertz CT molecular complexity index is 931. The van der Waals surface area contributed by atoms with Gasteiger partial charge in [0.05, 0.1) is 17.7 Å². The highest BCUT2D eigenvalue weighted by Gasteiger charge is 2.23. The number of ether oxygens (including phenoxy) is 2. The van der Waals surface area contributed by atoms with Crippen LogP contribution in [0.5, 0.6) is 5.75 Å². The van der Waals surface area contributed by atoms with Gasteiger partial charge in [0.15, 0.2) is 11.6 Å². The number of rotatable bonds is 6. The molecule has 0 unspecified atom stereocenters. The van der Waals surface area contributed by atoms with E-state index in [-0.39, 0.29) is 27.8 Å². The Morgan fingerprint density at radius 2 is 1.88 bits per heavy atom. The molecule has 0 aliphatic heterocycles. The zero-order valence-corrected chi connectivity index (χ0v) is 15.9. The van der Waals surface area contributed by atoms with Crippen LogP contribution in [-0.2, 0) is 21.4 Å². The SMILES string of the molecule is COc1ccc(COC(=O)c2ccc(Cl)c(S(=O)(=O)N(C)C)c2)cc1F. The fraction of sp³-hybridized carbons (Fsp3) is 0.235. The van der Waals surface area contributed by atoms with E-state index in [2.05, 4.69) is 0 Å². The largest absolute Gasteiger partial charge is 0.494 e. The Hall–Kier alpha value is -2.16. The number of benzene rings is 2. The van der Waals surface area contributed by atoms with E-state index in [1.807, 2.05) is 0 Å². The summed E-state index contributed by atoms with van der Waals surface area (Å²) in [4.78, 5) is 12.0. The third-order valence-corrected chi connectivity index (χ3v) is 5.81. The highest BCUT2D eigenvalue weighted by molar-refractivity contribution is 7.89. The van der Waals surface area contributed by atoms with Crippen LogP contribution in [0.2, 0.25) is 5.02 Å². The third kappa shape index (κ3) is 4.32. The Labute approximate surface area is 156 Å². The van der Waals surface area contributed by atoms with Gasteiger partial charge in [0.1, 0.15) is 11.5 Å². The summed E-state index contributed by atoms with van der Waals surface area (Å²) in [6, 6.07) is 7.97. The average molecular weight is 402 g/mol. The van der Waals surface area contributed by atoms with Crippen molar-refractivity contribution in [2.45, 2.75) is 11.5 Å². The number of halogens is 2. The van der Waals surface area contributed by atoms with Gasteiger partial charge in [-0.1, -0.05) is 17.7 Å². The zero-order chi connectivity index (χ0) is 19.5. The van der Waals surface area contributed by atoms with Gasteiger partial charge in [-0.3, -0.25) is 0 Å². The zero-order valence-electron chi connectivity index (χ0n) is 14.3. The van der Waals surface area contributed by atoms with Crippen molar-refractivity contribution in [1.29, 1.82) is 0 Å². The van der Waals surface area contributed by atoms with E-state index in [1.165, 1.54) is 45.5 Å². The molecular formula is C17H17ClFNO5S. The molecule has 0 amide bonds. The minimum Gasteiger partial charge on any atom is -0.494 e. The van der Waals surface area contributed by atoms with Crippen LogP contribution < -0.4 is 4.74 Å². The Morgan fingerprint density at radius 3 is 2.46 bits per heavy atom. The minimum atomic E-state index is -3.81. The minimum absolute atomic E-state index is 0.00697. The number of esters is 1. The van der Waals surface area contributed by atoms with E-state index in [1.54, 1.807) is 6.07 Å². The number of hydrogen-bond donors (Lipinski definition) is 0. The number of sulfonamides is 1. The molecule has 0 N–H and O–H groups in total. The normalized spacial score (nSPS) is 11.5. The van der Waals surface area contributed by atoms with Crippen molar-refractivity contribution in [3.05, 3.63) is 58.4 Å². The predicted octanol–water partition coefficient (Wildman–Crippen LogP) is 3.10. The van der Waals surface area contributed by atoms with Crippen LogP contribution in [0, 0.1) is 5.82 Å². The molecule has 0 atom stereocenters. The smallest absolute Gasteiger partial charge is 0.338 e. The fourth-order valence-electron chi connectivity index (χ4n) is 2.06. The van der Waals surface area contributed by atoms with Gasteiger partial charge in [-0.15, -0.1) is 0 Å². The maximum atomic E-state index is 13.7. The molecule has 0 aromatic heterocycles. The highest BCUT2D eigenvalue weighted by Crippen LogP contribution is 2.25. The van der Waals surface area contributed by atoms with Crippen molar-refractivity contribution >= 4 is 27.6 Å². The van der Waals surface area contributed by atoms with Crippen molar-refractivity contribution in [3.63, 3.8) is 0 Å². The molecule has 6 nitrogen and oxygen atoms in total. The van der Waals surface area contributed by atoms with Crippen LogP contribution in [0.1, 0.15) is 15.9 Å². The molecule has 0 heterocycles. The number of carbonyl (C=O) groups excluding carboxylic acids is 1. The van der Waals surface area contributed by atoms with Crippen LogP contribution in [-0.4, -0.2) is 39.9 Å². The van der Waals surface area contributed by atoms with E-state index < -0.39 is 21.8 Å². The molecule has 2 aromatic rings.